The molecule has 0 aromatic carbocycles. The van der Waals surface area contributed by atoms with Crippen LogP contribution >= 0.6 is 0 Å². The molecule has 0 radical (unpaired) electrons. The first kappa shape index (κ1) is 12.5. The van der Waals surface area contributed by atoms with Crippen LogP contribution in [-0.2, 0) is 4.79 Å². The van der Waals surface area contributed by atoms with Crippen molar-refractivity contribution in [3.63, 3.8) is 0 Å². The van der Waals surface area contributed by atoms with Gasteiger partial charge in [-0.15, -0.1) is 0 Å². The molecule has 0 saturated heterocycles. The maximum Gasteiger partial charge on any atom is 0.221 e. The van der Waals surface area contributed by atoms with Gasteiger partial charge in [-0.2, -0.15) is 0 Å². The van der Waals surface area contributed by atoms with Gasteiger partial charge >= 0.3 is 0 Å². The molecule has 1 aliphatic rings. The highest BCUT2D eigenvalue weighted by Gasteiger charge is 2.25. The summed E-state index contributed by atoms with van der Waals surface area (Å²) in [6, 6.07) is 0.409. The molecule has 1 fully saturated rings. The van der Waals surface area contributed by atoms with Crippen molar-refractivity contribution in [1.29, 1.82) is 0 Å². The Balaban J connectivity index is 2.09. The van der Waals surface area contributed by atoms with E-state index in [4.69, 9.17) is 0 Å². The molecule has 1 atom stereocenters. The molecule has 1 aliphatic carbocycles. The monoisotopic (exact) mass is 212 g/mol. The van der Waals surface area contributed by atoms with E-state index in [1.165, 1.54) is 19.3 Å². The van der Waals surface area contributed by atoms with Crippen LogP contribution in [0, 0.1) is 5.92 Å². The van der Waals surface area contributed by atoms with E-state index in [2.05, 4.69) is 24.5 Å². The van der Waals surface area contributed by atoms with Crippen LogP contribution in [-0.4, -0.2) is 25.0 Å². The number of hydrogen-bond donors (Lipinski definition) is 2. The summed E-state index contributed by atoms with van der Waals surface area (Å²) in [6.45, 7) is 5.94. The fourth-order valence-corrected chi connectivity index (χ4v) is 1.76. The predicted molar refractivity (Wildman–Crippen MR) is 62.7 cm³/mol. The van der Waals surface area contributed by atoms with Gasteiger partial charge in [-0.1, -0.05) is 26.7 Å². The van der Waals surface area contributed by atoms with E-state index in [-0.39, 0.29) is 5.91 Å². The fraction of sp³-hybridized carbons (Fsp3) is 0.917. The quantitative estimate of drug-likeness (QED) is 0.601. The summed E-state index contributed by atoms with van der Waals surface area (Å²) < 4.78 is 0. The fourth-order valence-electron chi connectivity index (χ4n) is 1.76. The summed E-state index contributed by atoms with van der Waals surface area (Å²) in [4.78, 5) is 11.5. The van der Waals surface area contributed by atoms with Gasteiger partial charge in [0.1, 0.15) is 0 Å². The van der Waals surface area contributed by atoms with E-state index >= 15 is 0 Å². The van der Waals surface area contributed by atoms with Crippen LogP contribution < -0.4 is 10.6 Å². The molecule has 0 heterocycles. The first-order valence-electron chi connectivity index (χ1n) is 6.26. The van der Waals surface area contributed by atoms with Gasteiger partial charge in [0, 0.05) is 19.0 Å². The summed E-state index contributed by atoms with van der Waals surface area (Å²) in [7, 11) is 0. The highest BCUT2D eigenvalue weighted by atomic mass is 16.1. The van der Waals surface area contributed by atoms with Crippen LogP contribution in [0.2, 0.25) is 0 Å². The molecule has 0 bridgehead atoms. The number of rotatable bonds is 8. The van der Waals surface area contributed by atoms with Crippen LogP contribution in [0.15, 0.2) is 0 Å². The molecular weight excluding hydrogens is 188 g/mol. The molecule has 88 valence electrons. The Morgan fingerprint density at radius 1 is 1.40 bits per heavy atom. The smallest absolute Gasteiger partial charge is 0.221 e. The molecule has 0 aromatic heterocycles. The van der Waals surface area contributed by atoms with Gasteiger partial charge in [-0.3, -0.25) is 4.79 Å². The number of carbonyl (C=O) groups excluding carboxylic acids is 1. The number of nitrogens with one attached hydrogen (secondary N) is 2. The van der Waals surface area contributed by atoms with Gasteiger partial charge in [0.15, 0.2) is 0 Å². The van der Waals surface area contributed by atoms with Crippen molar-refractivity contribution in [3.8, 4) is 0 Å². The van der Waals surface area contributed by atoms with E-state index in [1.807, 2.05) is 0 Å². The van der Waals surface area contributed by atoms with E-state index in [1.54, 1.807) is 0 Å². The Kier molecular flexibility index (Phi) is 5.69. The van der Waals surface area contributed by atoms with Gasteiger partial charge in [-0.25, -0.2) is 0 Å². The summed E-state index contributed by atoms with van der Waals surface area (Å²) in [6.07, 6.45) is 5.58. The van der Waals surface area contributed by atoms with Crippen LogP contribution in [0.4, 0.5) is 0 Å². The highest BCUT2D eigenvalue weighted by Crippen LogP contribution is 2.33. The van der Waals surface area contributed by atoms with Crippen LogP contribution in [0.1, 0.15) is 46.0 Å². The third-order valence-electron chi connectivity index (χ3n) is 2.95. The highest BCUT2D eigenvalue weighted by molar-refractivity contribution is 5.76. The normalized spacial score (nSPS) is 17.5. The second-order valence-electron chi connectivity index (χ2n) is 4.46. The first-order chi connectivity index (χ1) is 7.26. The molecule has 1 amide bonds. The largest absolute Gasteiger partial charge is 0.353 e. The SMILES string of the molecule is CCNCCC(=O)NC(CC)CC1CC1. The van der Waals surface area contributed by atoms with E-state index in [0.29, 0.717) is 12.5 Å². The minimum atomic E-state index is 0.198. The lowest BCUT2D eigenvalue weighted by Gasteiger charge is -2.16. The lowest BCUT2D eigenvalue weighted by Crippen LogP contribution is -2.36. The third kappa shape index (κ3) is 5.78. The Labute approximate surface area is 93.0 Å². The summed E-state index contributed by atoms with van der Waals surface area (Å²) >= 11 is 0. The van der Waals surface area contributed by atoms with Crippen molar-refractivity contribution in [2.45, 2.75) is 52.0 Å². The minimum absolute atomic E-state index is 0.198. The van der Waals surface area contributed by atoms with E-state index in [9.17, 15) is 4.79 Å². The summed E-state index contributed by atoms with van der Waals surface area (Å²) in [5.74, 6) is 1.09. The molecule has 0 aromatic rings. The van der Waals surface area contributed by atoms with Gasteiger partial charge in [0.2, 0.25) is 5.91 Å². The molecule has 3 nitrogen and oxygen atoms in total. The Morgan fingerprint density at radius 3 is 2.67 bits per heavy atom. The minimum Gasteiger partial charge on any atom is -0.353 e. The van der Waals surface area contributed by atoms with Crippen molar-refractivity contribution in [2.75, 3.05) is 13.1 Å². The zero-order chi connectivity index (χ0) is 11.1. The molecule has 0 aliphatic heterocycles. The van der Waals surface area contributed by atoms with Crippen LogP contribution in [0.25, 0.3) is 0 Å². The topological polar surface area (TPSA) is 41.1 Å². The van der Waals surface area contributed by atoms with Gasteiger partial charge < -0.3 is 10.6 Å². The molecular formula is C12H24N2O. The number of amides is 1. The molecule has 15 heavy (non-hydrogen) atoms. The zero-order valence-electron chi connectivity index (χ0n) is 10.0. The second kappa shape index (κ2) is 6.83. The standard InChI is InChI=1S/C12H24N2O/c1-3-11(9-10-5-6-10)14-12(15)7-8-13-4-2/h10-11,13H,3-9H2,1-2H3,(H,14,15). The lowest BCUT2D eigenvalue weighted by atomic mass is 10.1. The maximum atomic E-state index is 11.5. The van der Waals surface area contributed by atoms with Crippen molar-refractivity contribution in [2.24, 2.45) is 5.92 Å². The maximum absolute atomic E-state index is 11.5. The van der Waals surface area contributed by atoms with Crippen molar-refractivity contribution >= 4 is 5.91 Å². The van der Waals surface area contributed by atoms with Crippen molar-refractivity contribution < 1.29 is 4.79 Å². The molecule has 0 spiro atoms. The average Bonchev–Trinajstić information content (AvgIpc) is 3.01. The molecule has 1 saturated carbocycles. The Bertz CT molecular complexity index is 190. The number of carbonyl (C=O) groups is 1. The van der Waals surface area contributed by atoms with Crippen LogP contribution in [0.3, 0.4) is 0 Å². The third-order valence-corrected chi connectivity index (χ3v) is 2.95. The Hall–Kier alpha value is -0.570. The average molecular weight is 212 g/mol. The molecule has 1 rings (SSSR count). The number of hydrogen-bond acceptors (Lipinski definition) is 2. The van der Waals surface area contributed by atoms with E-state index in [0.717, 1.165) is 25.4 Å². The van der Waals surface area contributed by atoms with Gasteiger partial charge in [-0.05, 0) is 25.3 Å². The van der Waals surface area contributed by atoms with Gasteiger partial charge in [0.25, 0.3) is 0 Å². The predicted octanol–water partition coefficient (Wildman–Crippen LogP) is 1.68. The van der Waals surface area contributed by atoms with Crippen molar-refractivity contribution in [1.82, 2.24) is 10.6 Å². The Morgan fingerprint density at radius 2 is 2.13 bits per heavy atom. The zero-order valence-corrected chi connectivity index (χ0v) is 10.0. The second-order valence-corrected chi connectivity index (χ2v) is 4.46. The summed E-state index contributed by atoms with van der Waals surface area (Å²) in [5.41, 5.74) is 0. The first-order valence-corrected chi connectivity index (χ1v) is 6.26. The molecule has 1 unspecified atom stereocenters. The molecule has 2 N–H and O–H groups in total. The molecule has 3 heteroatoms. The van der Waals surface area contributed by atoms with Crippen molar-refractivity contribution in [3.05, 3.63) is 0 Å². The lowest BCUT2D eigenvalue weighted by molar-refractivity contribution is -0.121. The van der Waals surface area contributed by atoms with E-state index < -0.39 is 0 Å². The van der Waals surface area contributed by atoms with Gasteiger partial charge in [0.05, 0.1) is 0 Å². The van der Waals surface area contributed by atoms with Crippen LogP contribution in [0.5, 0.6) is 0 Å². The summed E-state index contributed by atoms with van der Waals surface area (Å²) in [5, 5.41) is 6.28.